The molecule has 5 nitrogen and oxygen atoms in total. The molecule has 2 aromatic rings. The normalized spacial score (nSPS) is 11.3. The van der Waals surface area contributed by atoms with Crippen LogP contribution in [-0.2, 0) is 0 Å². The average molecular weight is 296 g/mol. The zero-order valence-electron chi connectivity index (χ0n) is 9.63. The number of nitrogens with two attached hydrogens (primary N) is 1. The number of amidine groups is 1. The number of hydrogen-bond acceptors (Lipinski definition) is 4. The number of rotatable bonds is 3. The lowest BCUT2D eigenvalue weighted by Gasteiger charge is -2.08. The van der Waals surface area contributed by atoms with E-state index in [1.165, 1.54) is 11.3 Å². The fourth-order valence-corrected chi connectivity index (χ4v) is 2.21. The maximum absolute atomic E-state index is 11.9. The summed E-state index contributed by atoms with van der Waals surface area (Å²) in [6.45, 7) is 0. The molecule has 98 valence electrons. The third-order valence-electron chi connectivity index (χ3n) is 2.36. The molecule has 0 atom stereocenters. The number of anilines is 1. The van der Waals surface area contributed by atoms with Crippen LogP contribution in [0.25, 0.3) is 0 Å². The summed E-state index contributed by atoms with van der Waals surface area (Å²) >= 11 is 7.32. The quantitative estimate of drug-likeness (QED) is 0.352. The van der Waals surface area contributed by atoms with Gasteiger partial charge in [0.2, 0.25) is 0 Å². The molecule has 0 fully saturated rings. The zero-order valence-corrected chi connectivity index (χ0v) is 11.2. The highest BCUT2D eigenvalue weighted by Crippen LogP contribution is 2.24. The van der Waals surface area contributed by atoms with Gasteiger partial charge in [0, 0.05) is 5.56 Å². The molecule has 1 aromatic carbocycles. The fourth-order valence-electron chi connectivity index (χ4n) is 1.43. The Hall–Kier alpha value is -2.05. The van der Waals surface area contributed by atoms with Crippen LogP contribution in [-0.4, -0.2) is 17.0 Å². The summed E-state index contributed by atoms with van der Waals surface area (Å²) in [5.41, 5.74) is 6.36. The smallest absolute Gasteiger partial charge is 0.265 e. The first-order valence-corrected chi connectivity index (χ1v) is 6.50. The highest BCUT2D eigenvalue weighted by molar-refractivity contribution is 7.12. The summed E-state index contributed by atoms with van der Waals surface area (Å²) in [4.78, 5) is 12.5. The van der Waals surface area contributed by atoms with Crippen molar-refractivity contribution in [3.05, 3.63) is 51.2 Å². The van der Waals surface area contributed by atoms with Gasteiger partial charge in [0.1, 0.15) is 0 Å². The van der Waals surface area contributed by atoms with Gasteiger partial charge in [0.25, 0.3) is 5.91 Å². The highest BCUT2D eigenvalue weighted by Gasteiger charge is 2.11. The SMILES string of the molecule is NC(=NO)c1ccc(Cl)c(NC(=O)c2cccs2)c1. The molecular formula is C12H10ClN3O2S. The highest BCUT2D eigenvalue weighted by atomic mass is 35.5. The summed E-state index contributed by atoms with van der Waals surface area (Å²) in [5.74, 6) is -0.308. The number of carbonyl (C=O) groups is 1. The molecule has 19 heavy (non-hydrogen) atoms. The van der Waals surface area contributed by atoms with Crippen molar-refractivity contribution in [3.8, 4) is 0 Å². The van der Waals surface area contributed by atoms with Crippen molar-refractivity contribution in [2.75, 3.05) is 5.32 Å². The number of nitrogens with zero attached hydrogens (tertiary/aromatic N) is 1. The van der Waals surface area contributed by atoms with E-state index in [-0.39, 0.29) is 11.7 Å². The van der Waals surface area contributed by atoms with Crippen molar-refractivity contribution in [1.82, 2.24) is 0 Å². The van der Waals surface area contributed by atoms with Gasteiger partial charge in [0.05, 0.1) is 15.6 Å². The van der Waals surface area contributed by atoms with E-state index < -0.39 is 0 Å². The van der Waals surface area contributed by atoms with Gasteiger partial charge >= 0.3 is 0 Å². The number of carbonyl (C=O) groups excluding carboxylic acids is 1. The first kappa shape index (κ1) is 13.4. The van der Waals surface area contributed by atoms with Gasteiger partial charge in [-0.2, -0.15) is 0 Å². The minimum Gasteiger partial charge on any atom is -0.409 e. The van der Waals surface area contributed by atoms with Crippen molar-refractivity contribution in [3.63, 3.8) is 0 Å². The minimum absolute atomic E-state index is 0.0525. The topological polar surface area (TPSA) is 87.7 Å². The summed E-state index contributed by atoms with van der Waals surface area (Å²) in [5, 5.41) is 16.4. The van der Waals surface area contributed by atoms with E-state index >= 15 is 0 Å². The molecule has 7 heteroatoms. The number of oxime groups is 1. The molecule has 1 aromatic heterocycles. The molecule has 0 aliphatic heterocycles. The van der Waals surface area contributed by atoms with Crippen molar-refractivity contribution >= 4 is 40.4 Å². The van der Waals surface area contributed by atoms with E-state index in [1.807, 2.05) is 5.38 Å². The van der Waals surface area contributed by atoms with Gasteiger partial charge in [-0.15, -0.1) is 11.3 Å². The van der Waals surface area contributed by atoms with Crippen LogP contribution < -0.4 is 11.1 Å². The van der Waals surface area contributed by atoms with E-state index in [0.717, 1.165) is 0 Å². The fraction of sp³-hybridized carbons (Fsp3) is 0. The second-order valence-electron chi connectivity index (χ2n) is 3.61. The molecule has 0 saturated carbocycles. The van der Waals surface area contributed by atoms with Crippen LogP contribution in [0.4, 0.5) is 5.69 Å². The molecule has 0 aliphatic rings. The number of nitrogens with one attached hydrogen (secondary N) is 1. The zero-order chi connectivity index (χ0) is 13.8. The van der Waals surface area contributed by atoms with Crippen LogP contribution in [0.5, 0.6) is 0 Å². The van der Waals surface area contributed by atoms with Crippen molar-refractivity contribution in [2.45, 2.75) is 0 Å². The summed E-state index contributed by atoms with van der Waals surface area (Å²) < 4.78 is 0. The Bertz CT molecular complexity index is 626. The minimum atomic E-state index is -0.256. The molecule has 0 spiro atoms. The van der Waals surface area contributed by atoms with Gasteiger partial charge in [-0.1, -0.05) is 22.8 Å². The molecule has 4 N–H and O–H groups in total. The Labute approximate surface area is 118 Å². The third kappa shape index (κ3) is 3.04. The molecule has 2 rings (SSSR count). The predicted octanol–water partition coefficient (Wildman–Crippen LogP) is 2.75. The molecule has 1 heterocycles. The maximum Gasteiger partial charge on any atom is 0.265 e. The Morgan fingerprint density at radius 3 is 2.84 bits per heavy atom. The third-order valence-corrected chi connectivity index (χ3v) is 3.56. The van der Waals surface area contributed by atoms with Crippen molar-refractivity contribution in [2.24, 2.45) is 10.9 Å². The molecular weight excluding hydrogens is 286 g/mol. The monoisotopic (exact) mass is 295 g/mol. The number of amides is 1. The molecule has 0 bridgehead atoms. The van der Waals surface area contributed by atoms with Gasteiger partial charge in [-0.25, -0.2) is 0 Å². The van der Waals surface area contributed by atoms with Gasteiger partial charge in [0.15, 0.2) is 5.84 Å². The Morgan fingerprint density at radius 1 is 1.42 bits per heavy atom. The van der Waals surface area contributed by atoms with Crippen LogP contribution in [0.15, 0.2) is 40.9 Å². The summed E-state index contributed by atoms with van der Waals surface area (Å²) in [6.07, 6.45) is 0. The number of hydrogen-bond donors (Lipinski definition) is 3. The maximum atomic E-state index is 11.9. The number of thiophene rings is 1. The lowest BCUT2D eigenvalue weighted by Crippen LogP contribution is -2.15. The lowest BCUT2D eigenvalue weighted by molar-refractivity contribution is 0.103. The molecule has 0 aliphatic carbocycles. The number of benzene rings is 1. The Morgan fingerprint density at radius 2 is 2.21 bits per heavy atom. The van der Waals surface area contributed by atoms with Crippen LogP contribution in [0.2, 0.25) is 5.02 Å². The van der Waals surface area contributed by atoms with Crippen LogP contribution in [0.1, 0.15) is 15.2 Å². The lowest BCUT2D eigenvalue weighted by atomic mass is 10.2. The standard InChI is InChI=1S/C12H10ClN3O2S/c13-8-4-3-7(11(14)16-18)6-9(8)15-12(17)10-2-1-5-19-10/h1-6,18H,(H2,14,16)(H,15,17). The van der Waals surface area contributed by atoms with Crippen LogP contribution >= 0.6 is 22.9 Å². The predicted molar refractivity (Wildman–Crippen MR) is 76.2 cm³/mol. The van der Waals surface area contributed by atoms with E-state index in [4.69, 9.17) is 22.5 Å². The second-order valence-corrected chi connectivity index (χ2v) is 4.97. The van der Waals surface area contributed by atoms with E-state index in [0.29, 0.717) is 21.2 Å². The van der Waals surface area contributed by atoms with Crippen LogP contribution in [0.3, 0.4) is 0 Å². The van der Waals surface area contributed by atoms with Crippen molar-refractivity contribution < 1.29 is 10.0 Å². The van der Waals surface area contributed by atoms with E-state index in [1.54, 1.807) is 30.3 Å². The van der Waals surface area contributed by atoms with Gasteiger partial charge in [-0.3, -0.25) is 4.79 Å². The number of halogens is 1. The second kappa shape index (κ2) is 5.73. The van der Waals surface area contributed by atoms with E-state index in [9.17, 15) is 4.79 Å². The Kier molecular flexibility index (Phi) is 4.03. The molecule has 0 unspecified atom stereocenters. The first-order chi connectivity index (χ1) is 9.11. The summed E-state index contributed by atoms with van der Waals surface area (Å²) in [6, 6.07) is 8.20. The van der Waals surface area contributed by atoms with Gasteiger partial charge < -0.3 is 16.3 Å². The summed E-state index contributed by atoms with van der Waals surface area (Å²) in [7, 11) is 0. The molecule has 1 amide bonds. The average Bonchev–Trinajstić information content (AvgIpc) is 2.94. The van der Waals surface area contributed by atoms with E-state index in [2.05, 4.69) is 10.5 Å². The molecule has 0 radical (unpaired) electrons. The van der Waals surface area contributed by atoms with Crippen molar-refractivity contribution in [1.29, 1.82) is 0 Å². The molecule has 0 saturated heterocycles. The van der Waals surface area contributed by atoms with Crippen LogP contribution in [0, 0.1) is 0 Å². The first-order valence-electron chi connectivity index (χ1n) is 5.24. The largest absolute Gasteiger partial charge is 0.409 e. The Balaban J connectivity index is 2.27. The van der Waals surface area contributed by atoms with Gasteiger partial charge in [-0.05, 0) is 29.6 Å².